The van der Waals surface area contributed by atoms with Crippen LogP contribution in [0.2, 0.25) is 0 Å². The van der Waals surface area contributed by atoms with Gasteiger partial charge < -0.3 is 15.5 Å². The van der Waals surface area contributed by atoms with Crippen LogP contribution < -0.4 is 5.32 Å². The van der Waals surface area contributed by atoms with E-state index in [9.17, 15) is 4.79 Å². The second-order valence-electron chi connectivity index (χ2n) is 3.95. The second-order valence-corrected chi connectivity index (χ2v) is 3.95. The van der Waals surface area contributed by atoms with Crippen LogP contribution in [-0.2, 0) is 0 Å². The van der Waals surface area contributed by atoms with Crippen LogP contribution in [0.5, 0.6) is 0 Å². The Kier molecular flexibility index (Phi) is 6.10. The van der Waals surface area contributed by atoms with Gasteiger partial charge in [0.05, 0.1) is 5.56 Å². The van der Waals surface area contributed by atoms with E-state index in [0.29, 0.717) is 5.56 Å². The van der Waals surface area contributed by atoms with Crippen LogP contribution in [0.1, 0.15) is 36.0 Å². The zero-order valence-corrected chi connectivity index (χ0v) is 9.85. The normalized spacial score (nSPS) is 10.2. The van der Waals surface area contributed by atoms with Gasteiger partial charge in [-0.2, -0.15) is 0 Å². The first-order valence-corrected chi connectivity index (χ1v) is 5.92. The summed E-state index contributed by atoms with van der Waals surface area (Å²) in [5.41, 5.74) is 1.25. The molecule has 0 saturated carbocycles. The van der Waals surface area contributed by atoms with Gasteiger partial charge in [-0.1, -0.05) is 12.8 Å². The lowest BCUT2D eigenvalue weighted by Gasteiger charge is -2.06. The third-order valence-electron chi connectivity index (χ3n) is 2.55. The zero-order valence-electron chi connectivity index (χ0n) is 9.85. The van der Waals surface area contributed by atoms with Crippen molar-refractivity contribution in [2.24, 2.45) is 0 Å². The molecule has 1 aromatic rings. The number of carboxylic acid groups (broad SMARTS) is 1. The molecule has 1 rings (SSSR count). The van der Waals surface area contributed by atoms with Crippen molar-refractivity contribution in [3.05, 3.63) is 29.8 Å². The number of carbonyl (C=O) groups is 1. The van der Waals surface area contributed by atoms with Crippen molar-refractivity contribution < 1.29 is 15.0 Å². The van der Waals surface area contributed by atoms with E-state index < -0.39 is 5.97 Å². The Morgan fingerprint density at radius 1 is 1.06 bits per heavy atom. The molecule has 0 heterocycles. The molecule has 0 radical (unpaired) electrons. The van der Waals surface area contributed by atoms with E-state index in [1.807, 2.05) is 0 Å². The summed E-state index contributed by atoms with van der Waals surface area (Å²) in [6.45, 7) is 1.14. The van der Waals surface area contributed by atoms with Gasteiger partial charge in [-0.25, -0.2) is 4.79 Å². The quantitative estimate of drug-likeness (QED) is 0.607. The molecule has 0 aliphatic rings. The number of aliphatic hydroxyl groups is 1. The van der Waals surface area contributed by atoms with Gasteiger partial charge in [0.15, 0.2) is 0 Å². The summed E-state index contributed by atoms with van der Waals surface area (Å²) in [6.07, 6.45) is 4.07. The molecule has 0 unspecified atom stereocenters. The number of hydrogen-bond donors (Lipinski definition) is 3. The van der Waals surface area contributed by atoms with Gasteiger partial charge in [-0.3, -0.25) is 0 Å². The highest BCUT2D eigenvalue weighted by molar-refractivity contribution is 5.87. The standard InChI is InChI=1S/C13H19NO3/c15-10-4-2-1-3-9-14-12-7-5-11(6-8-12)13(16)17/h5-8,14-15H,1-4,9-10H2,(H,16,17). The third kappa shape index (κ3) is 5.36. The second kappa shape index (κ2) is 7.68. The summed E-state index contributed by atoms with van der Waals surface area (Å²) < 4.78 is 0. The Bertz CT molecular complexity index is 335. The van der Waals surface area contributed by atoms with Crippen LogP contribution in [-0.4, -0.2) is 29.3 Å². The fourth-order valence-electron chi connectivity index (χ4n) is 1.55. The van der Waals surface area contributed by atoms with Crippen molar-refractivity contribution in [3.8, 4) is 0 Å². The van der Waals surface area contributed by atoms with Crippen molar-refractivity contribution in [2.45, 2.75) is 25.7 Å². The first-order valence-electron chi connectivity index (χ1n) is 5.92. The van der Waals surface area contributed by atoms with Gasteiger partial charge in [-0.05, 0) is 37.1 Å². The number of aliphatic hydroxyl groups excluding tert-OH is 1. The number of nitrogens with one attached hydrogen (secondary N) is 1. The number of unbranched alkanes of at least 4 members (excludes halogenated alkanes) is 3. The van der Waals surface area contributed by atoms with Crippen LogP contribution in [0.4, 0.5) is 5.69 Å². The van der Waals surface area contributed by atoms with Crippen LogP contribution >= 0.6 is 0 Å². The first kappa shape index (κ1) is 13.5. The van der Waals surface area contributed by atoms with Crippen molar-refractivity contribution in [1.29, 1.82) is 0 Å². The summed E-state index contributed by atoms with van der Waals surface area (Å²) in [6, 6.07) is 6.74. The summed E-state index contributed by atoms with van der Waals surface area (Å²) >= 11 is 0. The number of hydrogen-bond acceptors (Lipinski definition) is 3. The van der Waals surface area contributed by atoms with E-state index in [0.717, 1.165) is 37.9 Å². The molecule has 0 fully saturated rings. The fourth-order valence-corrected chi connectivity index (χ4v) is 1.55. The maximum Gasteiger partial charge on any atom is 0.335 e. The Balaban J connectivity index is 2.21. The van der Waals surface area contributed by atoms with Gasteiger partial charge in [0.25, 0.3) is 0 Å². The maximum atomic E-state index is 10.6. The smallest absolute Gasteiger partial charge is 0.335 e. The highest BCUT2D eigenvalue weighted by atomic mass is 16.4. The fraction of sp³-hybridized carbons (Fsp3) is 0.462. The van der Waals surface area contributed by atoms with Crippen LogP contribution in [0.15, 0.2) is 24.3 Å². The van der Waals surface area contributed by atoms with E-state index in [1.54, 1.807) is 24.3 Å². The van der Waals surface area contributed by atoms with E-state index in [-0.39, 0.29) is 6.61 Å². The first-order chi connectivity index (χ1) is 8.24. The molecule has 0 aromatic heterocycles. The molecular weight excluding hydrogens is 218 g/mol. The number of rotatable bonds is 8. The zero-order chi connectivity index (χ0) is 12.5. The average Bonchev–Trinajstić information content (AvgIpc) is 2.34. The molecule has 4 nitrogen and oxygen atoms in total. The van der Waals surface area contributed by atoms with Crippen molar-refractivity contribution >= 4 is 11.7 Å². The summed E-state index contributed by atoms with van der Waals surface area (Å²) in [5, 5.41) is 20.6. The maximum absolute atomic E-state index is 10.6. The van der Waals surface area contributed by atoms with Crippen molar-refractivity contribution in [3.63, 3.8) is 0 Å². The van der Waals surface area contributed by atoms with Gasteiger partial charge in [-0.15, -0.1) is 0 Å². The Morgan fingerprint density at radius 3 is 2.29 bits per heavy atom. The van der Waals surface area contributed by atoms with E-state index >= 15 is 0 Å². The van der Waals surface area contributed by atoms with Crippen molar-refractivity contribution in [2.75, 3.05) is 18.5 Å². The Morgan fingerprint density at radius 2 is 1.71 bits per heavy atom. The van der Waals surface area contributed by atoms with Crippen LogP contribution in [0.3, 0.4) is 0 Å². The van der Waals surface area contributed by atoms with E-state index in [1.165, 1.54) is 0 Å². The van der Waals surface area contributed by atoms with E-state index in [2.05, 4.69) is 5.32 Å². The molecule has 0 spiro atoms. The number of anilines is 1. The highest BCUT2D eigenvalue weighted by Gasteiger charge is 2.00. The molecule has 94 valence electrons. The van der Waals surface area contributed by atoms with E-state index in [4.69, 9.17) is 10.2 Å². The summed E-state index contributed by atoms with van der Waals surface area (Å²) in [5.74, 6) is -0.902. The van der Waals surface area contributed by atoms with Gasteiger partial charge in [0.1, 0.15) is 0 Å². The minimum Gasteiger partial charge on any atom is -0.478 e. The predicted octanol–water partition coefficient (Wildman–Crippen LogP) is 2.35. The summed E-state index contributed by atoms with van der Waals surface area (Å²) in [7, 11) is 0. The number of benzene rings is 1. The third-order valence-corrected chi connectivity index (χ3v) is 2.55. The molecule has 0 bridgehead atoms. The molecule has 3 N–H and O–H groups in total. The highest BCUT2D eigenvalue weighted by Crippen LogP contribution is 2.10. The van der Waals surface area contributed by atoms with Gasteiger partial charge in [0.2, 0.25) is 0 Å². The number of aromatic carboxylic acids is 1. The van der Waals surface area contributed by atoms with Crippen molar-refractivity contribution in [1.82, 2.24) is 0 Å². The number of carboxylic acids is 1. The molecule has 0 saturated heterocycles. The molecule has 4 heteroatoms. The minimum absolute atomic E-state index is 0.268. The molecule has 0 aliphatic heterocycles. The topological polar surface area (TPSA) is 69.6 Å². The molecule has 0 aliphatic carbocycles. The van der Waals surface area contributed by atoms with Gasteiger partial charge in [0, 0.05) is 18.8 Å². The largest absolute Gasteiger partial charge is 0.478 e. The lowest BCUT2D eigenvalue weighted by atomic mass is 10.2. The molecule has 0 amide bonds. The lowest BCUT2D eigenvalue weighted by molar-refractivity contribution is 0.0697. The molecule has 0 atom stereocenters. The molecule has 17 heavy (non-hydrogen) atoms. The van der Waals surface area contributed by atoms with Crippen LogP contribution in [0.25, 0.3) is 0 Å². The average molecular weight is 237 g/mol. The molecule has 1 aromatic carbocycles. The minimum atomic E-state index is -0.902. The SMILES string of the molecule is O=C(O)c1ccc(NCCCCCCO)cc1. The lowest BCUT2D eigenvalue weighted by Crippen LogP contribution is -2.02. The predicted molar refractivity (Wildman–Crippen MR) is 67.4 cm³/mol. The Hall–Kier alpha value is -1.55. The monoisotopic (exact) mass is 237 g/mol. The molecular formula is C13H19NO3. The van der Waals surface area contributed by atoms with Crippen LogP contribution in [0, 0.1) is 0 Å². The van der Waals surface area contributed by atoms with Gasteiger partial charge >= 0.3 is 5.97 Å². The summed E-state index contributed by atoms with van der Waals surface area (Å²) in [4.78, 5) is 10.6. The Labute approximate surface area is 101 Å².